The average molecular weight is 379 g/mol. The molecule has 2 rings (SSSR count). The van der Waals surface area contributed by atoms with E-state index in [0.717, 1.165) is 17.8 Å². The first kappa shape index (κ1) is 19.8. The molecule has 1 N–H and O–H groups in total. The molecule has 1 aliphatic rings. The fourth-order valence-corrected chi connectivity index (χ4v) is 2.61. The molecule has 0 unspecified atom stereocenters. The SMILES string of the molecule is COC(=O)/C=C1/S/C(=N\N=Cc2ccc(F)cc2COC(C)C)NC1=O. The van der Waals surface area contributed by atoms with Crippen LogP contribution < -0.4 is 5.32 Å². The highest BCUT2D eigenvalue weighted by Crippen LogP contribution is 2.23. The average Bonchev–Trinajstić information content (AvgIpc) is 2.94. The summed E-state index contributed by atoms with van der Waals surface area (Å²) in [4.78, 5) is 23.1. The van der Waals surface area contributed by atoms with Crippen molar-refractivity contribution in [3.8, 4) is 0 Å². The fourth-order valence-electron chi connectivity index (χ4n) is 1.87. The molecule has 1 fully saturated rings. The summed E-state index contributed by atoms with van der Waals surface area (Å²) in [6.07, 6.45) is 2.53. The first-order valence-corrected chi connectivity index (χ1v) is 8.50. The van der Waals surface area contributed by atoms with Gasteiger partial charge in [-0.25, -0.2) is 9.18 Å². The van der Waals surface area contributed by atoms with Gasteiger partial charge >= 0.3 is 5.97 Å². The minimum atomic E-state index is -0.631. The lowest BCUT2D eigenvalue weighted by Crippen LogP contribution is -2.19. The number of hydrogen-bond donors (Lipinski definition) is 1. The van der Waals surface area contributed by atoms with Crippen LogP contribution in [0.1, 0.15) is 25.0 Å². The fraction of sp³-hybridized carbons (Fsp3) is 0.294. The Morgan fingerprint density at radius 2 is 2.19 bits per heavy atom. The van der Waals surface area contributed by atoms with Crippen molar-refractivity contribution in [2.45, 2.75) is 26.6 Å². The number of carbonyl (C=O) groups is 2. The summed E-state index contributed by atoms with van der Waals surface area (Å²) in [6, 6.07) is 4.26. The lowest BCUT2D eigenvalue weighted by molar-refractivity contribution is -0.135. The number of amidine groups is 1. The van der Waals surface area contributed by atoms with E-state index in [1.165, 1.54) is 25.5 Å². The third-order valence-electron chi connectivity index (χ3n) is 3.12. The van der Waals surface area contributed by atoms with Crippen LogP contribution in [0.25, 0.3) is 0 Å². The Kier molecular flexibility index (Phi) is 7.05. The van der Waals surface area contributed by atoms with E-state index in [4.69, 9.17) is 4.74 Å². The van der Waals surface area contributed by atoms with Crippen molar-refractivity contribution in [1.29, 1.82) is 0 Å². The normalized spacial score (nSPS) is 17.5. The first-order valence-electron chi connectivity index (χ1n) is 7.69. The largest absolute Gasteiger partial charge is 0.466 e. The van der Waals surface area contributed by atoms with Gasteiger partial charge in [-0.3, -0.25) is 10.1 Å². The number of methoxy groups -OCH3 is 1. The monoisotopic (exact) mass is 379 g/mol. The van der Waals surface area contributed by atoms with E-state index in [1.807, 2.05) is 13.8 Å². The number of thioether (sulfide) groups is 1. The summed E-state index contributed by atoms with van der Waals surface area (Å²) < 4.78 is 23.4. The highest BCUT2D eigenvalue weighted by molar-refractivity contribution is 8.18. The van der Waals surface area contributed by atoms with E-state index in [2.05, 4.69) is 20.3 Å². The maximum absolute atomic E-state index is 13.4. The maximum atomic E-state index is 13.4. The summed E-state index contributed by atoms with van der Waals surface area (Å²) in [5.74, 6) is -1.46. The molecule has 0 radical (unpaired) electrons. The summed E-state index contributed by atoms with van der Waals surface area (Å²) in [7, 11) is 1.22. The topological polar surface area (TPSA) is 89.3 Å². The van der Waals surface area contributed by atoms with Gasteiger partial charge < -0.3 is 9.47 Å². The van der Waals surface area contributed by atoms with Crippen molar-refractivity contribution in [1.82, 2.24) is 5.32 Å². The molecule has 0 aromatic heterocycles. The van der Waals surface area contributed by atoms with Gasteiger partial charge in [-0.2, -0.15) is 5.10 Å². The van der Waals surface area contributed by atoms with E-state index in [1.54, 1.807) is 6.07 Å². The van der Waals surface area contributed by atoms with Crippen LogP contribution >= 0.6 is 11.8 Å². The quantitative estimate of drug-likeness (QED) is 0.355. The number of esters is 1. The second-order valence-electron chi connectivity index (χ2n) is 5.44. The van der Waals surface area contributed by atoms with Gasteiger partial charge in [0, 0.05) is 11.6 Å². The number of amides is 1. The molecule has 9 heteroatoms. The molecule has 1 amide bonds. The van der Waals surface area contributed by atoms with E-state index in [9.17, 15) is 14.0 Å². The summed E-state index contributed by atoms with van der Waals surface area (Å²) in [5.41, 5.74) is 1.29. The van der Waals surface area contributed by atoms with Crippen LogP contribution in [0.15, 0.2) is 39.4 Å². The Balaban J connectivity index is 2.11. The lowest BCUT2D eigenvalue weighted by Gasteiger charge is -2.09. The second-order valence-corrected chi connectivity index (χ2v) is 6.47. The highest BCUT2D eigenvalue weighted by atomic mass is 32.2. The highest BCUT2D eigenvalue weighted by Gasteiger charge is 2.25. The van der Waals surface area contributed by atoms with Crippen LogP contribution in [-0.2, 0) is 25.7 Å². The molecule has 1 aromatic rings. The van der Waals surface area contributed by atoms with E-state index >= 15 is 0 Å². The van der Waals surface area contributed by atoms with Gasteiger partial charge in [-0.15, -0.1) is 5.10 Å². The van der Waals surface area contributed by atoms with Gasteiger partial charge in [0.2, 0.25) is 0 Å². The Morgan fingerprint density at radius 1 is 1.42 bits per heavy atom. The lowest BCUT2D eigenvalue weighted by atomic mass is 10.1. The van der Waals surface area contributed by atoms with Crippen molar-refractivity contribution in [3.05, 3.63) is 46.1 Å². The number of ether oxygens (including phenoxy) is 2. The molecule has 0 aliphatic carbocycles. The predicted molar refractivity (Wildman–Crippen MR) is 97.2 cm³/mol. The molecular weight excluding hydrogens is 361 g/mol. The molecule has 0 atom stereocenters. The zero-order chi connectivity index (χ0) is 19.1. The van der Waals surface area contributed by atoms with Gasteiger partial charge in [0.1, 0.15) is 5.82 Å². The molecule has 0 spiro atoms. The number of hydrogen-bond acceptors (Lipinski definition) is 7. The zero-order valence-electron chi connectivity index (χ0n) is 14.5. The number of nitrogens with one attached hydrogen (secondary N) is 1. The molecule has 26 heavy (non-hydrogen) atoms. The Morgan fingerprint density at radius 3 is 2.88 bits per heavy atom. The molecule has 1 saturated heterocycles. The van der Waals surface area contributed by atoms with Crippen molar-refractivity contribution in [2.24, 2.45) is 10.2 Å². The van der Waals surface area contributed by atoms with Crippen molar-refractivity contribution in [3.63, 3.8) is 0 Å². The van der Waals surface area contributed by atoms with Gasteiger partial charge in [0.05, 0.1) is 30.9 Å². The van der Waals surface area contributed by atoms with Crippen LogP contribution in [0.4, 0.5) is 4.39 Å². The molecule has 1 aliphatic heterocycles. The molecule has 7 nitrogen and oxygen atoms in total. The Labute approximate surface area is 154 Å². The van der Waals surface area contributed by atoms with E-state index in [-0.39, 0.29) is 28.6 Å². The Hall–Kier alpha value is -2.52. The summed E-state index contributed by atoms with van der Waals surface area (Å²) in [6.45, 7) is 4.02. The van der Waals surface area contributed by atoms with Crippen molar-refractivity contribution in [2.75, 3.05) is 7.11 Å². The molecule has 1 heterocycles. The second kappa shape index (κ2) is 9.25. The minimum absolute atomic E-state index is 0.00780. The summed E-state index contributed by atoms with van der Waals surface area (Å²) >= 11 is 0.970. The zero-order valence-corrected chi connectivity index (χ0v) is 15.3. The van der Waals surface area contributed by atoms with Crippen molar-refractivity contribution < 1.29 is 23.5 Å². The summed E-state index contributed by atoms with van der Waals surface area (Å²) in [5, 5.41) is 10.5. The third kappa shape index (κ3) is 5.78. The number of nitrogens with zero attached hydrogens (tertiary/aromatic N) is 2. The molecule has 0 bridgehead atoms. The Bertz CT molecular complexity index is 790. The smallest absolute Gasteiger partial charge is 0.331 e. The number of carbonyl (C=O) groups excluding carboxylic acids is 2. The molecule has 138 valence electrons. The van der Waals surface area contributed by atoms with E-state index in [0.29, 0.717) is 11.1 Å². The van der Waals surface area contributed by atoms with Crippen molar-refractivity contribution >= 4 is 35.0 Å². The standard InChI is InChI=1S/C17H18FN3O4S/c1-10(2)25-9-12-6-13(18)5-4-11(12)8-19-21-17-20-16(23)14(26-17)7-15(22)24-3/h4-8,10H,9H2,1-3H3,(H,20,21,23)/b14-7+,19-8?. The minimum Gasteiger partial charge on any atom is -0.466 e. The van der Waals surface area contributed by atoms with Crippen LogP contribution in [-0.4, -0.2) is 36.5 Å². The van der Waals surface area contributed by atoms with Gasteiger partial charge in [-0.1, -0.05) is 6.07 Å². The first-order chi connectivity index (χ1) is 12.4. The van der Waals surface area contributed by atoms with Crippen LogP contribution in [0.3, 0.4) is 0 Å². The van der Waals surface area contributed by atoms with Gasteiger partial charge in [0.25, 0.3) is 5.91 Å². The number of halogens is 1. The van der Waals surface area contributed by atoms with Gasteiger partial charge in [-0.05, 0) is 43.3 Å². The molecular formula is C17H18FN3O4S. The number of benzene rings is 1. The number of rotatable bonds is 6. The molecule has 1 aromatic carbocycles. The molecule has 0 saturated carbocycles. The third-order valence-corrected chi connectivity index (χ3v) is 4.02. The van der Waals surface area contributed by atoms with Gasteiger partial charge in [0.15, 0.2) is 5.17 Å². The maximum Gasteiger partial charge on any atom is 0.331 e. The predicted octanol–water partition coefficient (Wildman–Crippen LogP) is 2.36. The van der Waals surface area contributed by atoms with Crippen LogP contribution in [0.2, 0.25) is 0 Å². The van der Waals surface area contributed by atoms with E-state index < -0.39 is 11.9 Å². The van der Waals surface area contributed by atoms with Crippen LogP contribution in [0.5, 0.6) is 0 Å². The van der Waals surface area contributed by atoms with Crippen LogP contribution in [0, 0.1) is 5.82 Å².